The minimum absolute atomic E-state index is 0.0400. The standard InChI is InChI=1S/C15H17N5O2/c21-13-2-1-5-18-20(13)12-9-22-8-11(12)19-15-14(10-3-4-10)16-6-7-17-15/h1-2,5-7,10-12H,3-4,8-9H2,(H,17,19). The van der Waals surface area contributed by atoms with E-state index in [1.165, 1.54) is 10.7 Å². The van der Waals surface area contributed by atoms with E-state index in [4.69, 9.17) is 4.74 Å². The maximum atomic E-state index is 12.0. The van der Waals surface area contributed by atoms with E-state index in [1.807, 2.05) is 0 Å². The molecule has 0 aromatic carbocycles. The Hall–Kier alpha value is -2.28. The van der Waals surface area contributed by atoms with Gasteiger partial charge in [-0.3, -0.25) is 9.78 Å². The largest absolute Gasteiger partial charge is 0.377 e. The monoisotopic (exact) mass is 299 g/mol. The molecule has 0 radical (unpaired) electrons. The topological polar surface area (TPSA) is 81.9 Å². The smallest absolute Gasteiger partial charge is 0.267 e. The van der Waals surface area contributed by atoms with Gasteiger partial charge in [-0.15, -0.1) is 0 Å². The Morgan fingerprint density at radius 2 is 2.05 bits per heavy atom. The van der Waals surface area contributed by atoms with Gasteiger partial charge >= 0.3 is 0 Å². The van der Waals surface area contributed by atoms with Crippen molar-refractivity contribution in [2.75, 3.05) is 18.5 Å². The average molecular weight is 299 g/mol. The number of nitrogens with zero attached hydrogens (tertiary/aromatic N) is 4. The van der Waals surface area contributed by atoms with Gasteiger partial charge in [0.15, 0.2) is 0 Å². The van der Waals surface area contributed by atoms with Crippen molar-refractivity contribution in [2.24, 2.45) is 0 Å². The van der Waals surface area contributed by atoms with Crippen LogP contribution in [-0.4, -0.2) is 39.0 Å². The van der Waals surface area contributed by atoms with E-state index in [2.05, 4.69) is 20.4 Å². The van der Waals surface area contributed by atoms with Crippen LogP contribution in [0, 0.1) is 0 Å². The van der Waals surface area contributed by atoms with Gasteiger partial charge in [-0.05, 0) is 18.9 Å². The highest BCUT2D eigenvalue weighted by Gasteiger charge is 2.34. The van der Waals surface area contributed by atoms with E-state index in [1.54, 1.807) is 24.7 Å². The van der Waals surface area contributed by atoms with Crippen LogP contribution in [0.25, 0.3) is 0 Å². The molecule has 1 aliphatic carbocycles. The number of hydrogen-bond donors (Lipinski definition) is 1. The molecule has 4 rings (SSSR count). The second-order valence-electron chi connectivity index (χ2n) is 5.73. The second kappa shape index (κ2) is 5.49. The maximum Gasteiger partial charge on any atom is 0.267 e. The highest BCUT2D eigenvalue weighted by Crippen LogP contribution is 2.41. The van der Waals surface area contributed by atoms with Gasteiger partial charge in [0.25, 0.3) is 5.56 Å². The quantitative estimate of drug-likeness (QED) is 0.905. The highest BCUT2D eigenvalue weighted by atomic mass is 16.5. The third kappa shape index (κ3) is 2.48. The van der Waals surface area contributed by atoms with E-state index < -0.39 is 0 Å². The normalized spacial score (nSPS) is 24.4. The number of hydrogen-bond acceptors (Lipinski definition) is 6. The van der Waals surface area contributed by atoms with Crippen LogP contribution >= 0.6 is 0 Å². The Morgan fingerprint density at radius 1 is 1.18 bits per heavy atom. The van der Waals surface area contributed by atoms with Gasteiger partial charge in [0, 0.05) is 30.6 Å². The zero-order valence-corrected chi connectivity index (χ0v) is 12.1. The zero-order valence-electron chi connectivity index (χ0n) is 12.1. The lowest BCUT2D eigenvalue weighted by molar-refractivity contribution is 0.182. The molecule has 7 nitrogen and oxygen atoms in total. The van der Waals surface area contributed by atoms with Gasteiger partial charge < -0.3 is 10.1 Å². The molecule has 1 N–H and O–H groups in total. The number of anilines is 1. The Labute approximate surface area is 127 Å². The summed E-state index contributed by atoms with van der Waals surface area (Å²) in [5.74, 6) is 1.31. The third-order valence-corrected chi connectivity index (χ3v) is 4.12. The fourth-order valence-corrected chi connectivity index (χ4v) is 2.83. The maximum absolute atomic E-state index is 12.0. The molecule has 2 aromatic rings. The molecule has 1 saturated carbocycles. The van der Waals surface area contributed by atoms with Crippen molar-refractivity contribution in [1.29, 1.82) is 0 Å². The van der Waals surface area contributed by atoms with Crippen LogP contribution in [0.15, 0.2) is 35.5 Å². The van der Waals surface area contributed by atoms with Crippen LogP contribution in [0.5, 0.6) is 0 Å². The lowest BCUT2D eigenvalue weighted by Gasteiger charge is -2.21. The molecule has 7 heteroatoms. The van der Waals surface area contributed by atoms with Crippen molar-refractivity contribution >= 4 is 5.82 Å². The van der Waals surface area contributed by atoms with Crippen LogP contribution in [0.1, 0.15) is 30.5 Å². The number of nitrogens with one attached hydrogen (secondary N) is 1. The van der Waals surface area contributed by atoms with E-state index >= 15 is 0 Å². The first kappa shape index (κ1) is 13.4. The van der Waals surface area contributed by atoms with E-state index in [-0.39, 0.29) is 17.6 Å². The summed E-state index contributed by atoms with van der Waals surface area (Å²) in [7, 11) is 0. The first-order valence-electron chi connectivity index (χ1n) is 7.52. The minimum Gasteiger partial charge on any atom is -0.377 e. The molecular formula is C15H17N5O2. The Bertz CT molecular complexity index is 728. The zero-order chi connectivity index (χ0) is 14.9. The number of aromatic nitrogens is 4. The Morgan fingerprint density at radius 3 is 2.86 bits per heavy atom. The summed E-state index contributed by atoms with van der Waals surface area (Å²) in [6.07, 6.45) is 7.36. The molecule has 1 aliphatic heterocycles. The predicted octanol–water partition coefficient (Wildman–Crippen LogP) is 0.963. The van der Waals surface area contributed by atoms with Crippen LogP contribution in [0.3, 0.4) is 0 Å². The van der Waals surface area contributed by atoms with E-state index in [0.29, 0.717) is 19.1 Å². The second-order valence-corrected chi connectivity index (χ2v) is 5.73. The molecule has 2 unspecified atom stereocenters. The van der Waals surface area contributed by atoms with Gasteiger partial charge in [-0.1, -0.05) is 0 Å². The van der Waals surface area contributed by atoms with Gasteiger partial charge in [0.1, 0.15) is 11.9 Å². The number of rotatable bonds is 4. The molecular weight excluding hydrogens is 282 g/mol. The lowest BCUT2D eigenvalue weighted by Crippen LogP contribution is -2.37. The van der Waals surface area contributed by atoms with Crippen LogP contribution < -0.4 is 10.9 Å². The average Bonchev–Trinajstić information content (AvgIpc) is 3.29. The van der Waals surface area contributed by atoms with Crippen LogP contribution in [-0.2, 0) is 4.74 Å². The molecule has 2 fully saturated rings. The molecule has 0 spiro atoms. The Balaban J connectivity index is 1.60. The number of ether oxygens (including phenoxy) is 1. The minimum atomic E-state index is -0.136. The van der Waals surface area contributed by atoms with Gasteiger partial charge in [0.2, 0.25) is 0 Å². The Kier molecular flexibility index (Phi) is 3.34. The molecule has 0 amide bonds. The van der Waals surface area contributed by atoms with Gasteiger partial charge in [-0.25, -0.2) is 9.67 Å². The SMILES string of the molecule is O=c1cccnn1C1COCC1Nc1nccnc1C1CC1. The highest BCUT2D eigenvalue weighted by molar-refractivity contribution is 5.44. The molecule has 0 bridgehead atoms. The third-order valence-electron chi connectivity index (χ3n) is 4.12. The molecule has 1 saturated heterocycles. The van der Waals surface area contributed by atoms with Crippen molar-refractivity contribution < 1.29 is 4.74 Å². The van der Waals surface area contributed by atoms with Crippen molar-refractivity contribution in [3.8, 4) is 0 Å². The fourth-order valence-electron chi connectivity index (χ4n) is 2.83. The van der Waals surface area contributed by atoms with Crippen molar-refractivity contribution in [3.05, 3.63) is 46.8 Å². The summed E-state index contributed by atoms with van der Waals surface area (Å²) < 4.78 is 7.04. The first-order chi connectivity index (χ1) is 10.8. The lowest BCUT2D eigenvalue weighted by atomic mass is 10.1. The fraction of sp³-hybridized carbons (Fsp3) is 0.467. The summed E-state index contributed by atoms with van der Waals surface area (Å²) >= 11 is 0. The summed E-state index contributed by atoms with van der Waals surface area (Å²) in [6.45, 7) is 0.988. The van der Waals surface area contributed by atoms with E-state index in [0.717, 1.165) is 24.4 Å². The molecule has 2 aliphatic rings. The summed E-state index contributed by atoms with van der Waals surface area (Å²) in [5.41, 5.74) is 0.896. The molecule has 22 heavy (non-hydrogen) atoms. The van der Waals surface area contributed by atoms with Crippen molar-refractivity contribution in [2.45, 2.75) is 30.8 Å². The first-order valence-corrected chi connectivity index (χ1v) is 7.52. The molecule has 3 heterocycles. The van der Waals surface area contributed by atoms with E-state index in [9.17, 15) is 4.79 Å². The summed E-state index contributed by atoms with van der Waals surface area (Å²) in [5, 5.41) is 7.58. The molecule has 2 aromatic heterocycles. The van der Waals surface area contributed by atoms with Crippen LogP contribution in [0.2, 0.25) is 0 Å². The molecule has 114 valence electrons. The van der Waals surface area contributed by atoms with Crippen molar-refractivity contribution in [1.82, 2.24) is 19.7 Å². The van der Waals surface area contributed by atoms with Gasteiger partial charge in [-0.2, -0.15) is 5.10 Å². The summed E-state index contributed by atoms with van der Waals surface area (Å²) in [6, 6.07) is 2.98. The summed E-state index contributed by atoms with van der Waals surface area (Å²) in [4.78, 5) is 20.8. The molecule has 2 atom stereocenters. The van der Waals surface area contributed by atoms with Crippen molar-refractivity contribution in [3.63, 3.8) is 0 Å². The predicted molar refractivity (Wildman–Crippen MR) is 79.8 cm³/mol. The van der Waals surface area contributed by atoms with Crippen LogP contribution in [0.4, 0.5) is 5.82 Å². The van der Waals surface area contributed by atoms with Gasteiger partial charge in [0.05, 0.1) is 24.9 Å².